The molecule has 0 saturated heterocycles. The van der Waals surface area contributed by atoms with E-state index in [1.807, 2.05) is 0 Å². The van der Waals surface area contributed by atoms with Gasteiger partial charge >= 0.3 is 0 Å². The summed E-state index contributed by atoms with van der Waals surface area (Å²) in [6, 6.07) is 0. The van der Waals surface area contributed by atoms with Gasteiger partial charge in [-0.1, -0.05) is 0 Å². The zero-order valence-corrected chi connectivity index (χ0v) is 4.93. The molecule has 0 bridgehead atoms. The SMILES string of the molecule is CONCCF.Cl. The largest absolute Gasteiger partial charge is 0.305 e. The number of hydrogen-bond donors (Lipinski definition) is 1. The number of alkyl halides is 1. The minimum atomic E-state index is -0.381. The fraction of sp³-hybridized carbons (Fsp3) is 1.00. The Labute approximate surface area is 48.4 Å². The second-order valence-corrected chi connectivity index (χ2v) is 0.787. The van der Waals surface area contributed by atoms with Gasteiger partial charge in [0.05, 0.1) is 7.11 Å². The summed E-state index contributed by atoms with van der Waals surface area (Å²) < 4.78 is 11.0. The van der Waals surface area contributed by atoms with E-state index in [1.54, 1.807) is 0 Å². The second-order valence-electron chi connectivity index (χ2n) is 0.787. The number of nitrogens with one attached hydrogen (secondary N) is 1. The van der Waals surface area contributed by atoms with Gasteiger partial charge in [0.1, 0.15) is 6.67 Å². The summed E-state index contributed by atoms with van der Waals surface area (Å²) in [5.74, 6) is 0. The Kier molecular flexibility index (Phi) is 13.8. The first-order valence-electron chi connectivity index (χ1n) is 1.73. The first-order chi connectivity index (χ1) is 2.91. The molecule has 0 fully saturated rings. The van der Waals surface area contributed by atoms with E-state index in [0.29, 0.717) is 0 Å². The van der Waals surface area contributed by atoms with Gasteiger partial charge in [-0.25, -0.2) is 9.87 Å². The summed E-state index contributed by atoms with van der Waals surface area (Å²) in [6.45, 7) is -0.107. The van der Waals surface area contributed by atoms with Crippen molar-refractivity contribution in [3.05, 3.63) is 0 Å². The molecule has 0 aliphatic rings. The highest BCUT2D eigenvalue weighted by atomic mass is 35.5. The van der Waals surface area contributed by atoms with Crippen molar-refractivity contribution in [1.29, 1.82) is 0 Å². The third-order valence-corrected chi connectivity index (χ3v) is 0.341. The van der Waals surface area contributed by atoms with Gasteiger partial charge in [-0.2, -0.15) is 0 Å². The lowest BCUT2D eigenvalue weighted by Crippen LogP contribution is -2.13. The third kappa shape index (κ3) is 10.7. The van der Waals surface area contributed by atoms with Gasteiger partial charge in [0.15, 0.2) is 0 Å². The Morgan fingerprint density at radius 3 is 2.43 bits per heavy atom. The van der Waals surface area contributed by atoms with E-state index in [1.165, 1.54) is 7.11 Å². The molecule has 0 radical (unpaired) electrons. The molecule has 7 heavy (non-hydrogen) atoms. The summed E-state index contributed by atoms with van der Waals surface area (Å²) in [7, 11) is 1.45. The summed E-state index contributed by atoms with van der Waals surface area (Å²) in [5, 5.41) is 0. The van der Waals surface area contributed by atoms with E-state index >= 15 is 0 Å². The Bertz CT molecular complexity index is 26.9. The molecule has 0 aliphatic carbocycles. The molecule has 0 aromatic rings. The van der Waals surface area contributed by atoms with Crippen molar-refractivity contribution < 1.29 is 9.23 Å². The van der Waals surface area contributed by atoms with Crippen LogP contribution in [0.5, 0.6) is 0 Å². The number of rotatable bonds is 3. The van der Waals surface area contributed by atoms with E-state index < -0.39 is 0 Å². The molecule has 0 unspecified atom stereocenters. The normalized spacial score (nSPS) is 7.71. The van der Waals surface area contributed by atoms with Crippen LogP contribution in [0, 0.1) is 0 Å². The standard InChI is InChI=1S/C3H8FNO.ClH/c1-6-5-3-2-4;/h5H,2-3H2,1H3;1H. The minimum Gasteiger partial charge on any atom is -0.305 e. The van der Waals surface area contributed by atoms with Crippen LogP contribution in [0.3, 0.4) is 0 Å². The van der Waals surface area contributed by atoms with E-state index in [0.717, 1.165) is 0 Å². The van der Waals surface area contributed by atoms with E-state index in [2.05, 4.69) is 10.3 Å². The Morgan fingerprint density at radius 2 is 2.29 bits per heavy atom. The molecule has 2 nitrogen and oxygen atoms in total. The van der Waals surface area contributed by atoms with Crippen molar-refractivity contribution >= 4 is 12.4 Å². The molecule has 46 valence electrons. The van der Waals surface area contributed by atoms with E-state index in [-0.39, 0.29) is 25.6 Å². The molecule has 0 aromatic heterocycles. The monoisotopic (exact) mass is 129 g/mol. The topological polar surface area (TPSA) is 21.3 Å². The average Bonchev–Trinajstić information content (AvgIpc) is 1.61. The molecule has 4 heteroatoms. The quantitative estimate of drug-likeness (QED) is 0.443. The smallest absolute Gasteiger partial charge is 0.104 e. The minimum absolute atomic E-state index is 0. The molecule has 0 aliphatic heterocycles. The molecule has 0 rings (SSSR count). The highest BCUT2D eigenvalue weighted by Gasteiger charge is 1.74. The molecule has 0 atom stereocenters. The lowest BCUT2D eigenvalue weighted by molar-refractivity contribution is 0.0872. The maximum atomic E-state index is 11.0. The number of hydroxylamine groups is 1. The van der Waals surface area contributed by atoms with Gasteiger partial charge in [0.2, 0.25) is 0 Å². The van der Waals surface area contributed by atoms with Gasteiger partial charge in [-0.3, -0.25) is 0 Å². The highest BCUT2D eigenvalue weighted by Crippen LogP contribution is 1.59. The van der Waals surface area contributed by atoms with Gasteiger partial charge < -0.3 is 4.84 Å². The summed E-state index contributed by atoms with van der Waals surface area (Å²) >= 11 is 0. The first kappa shape index (κ1) is 10.2. The van der Waals surface area contributed by atoms with Crippen molar-refractivity contribution in [2.24, 2.45) is 0 Å². The second kappa shape index (κ2) is 9.46. The summed E-state index contributed by atoms with van der Waals surface area (Å²) in [5.41, 5.74) is 2.32. The van der Waals surface area contributed by atoms with Crippen LogP contribution in [0.4, 0.5) is 4.39 Å². The lowest BCUT2D eigenvalue weighted by Gasteiger charge is -1.91. The lowest BCUT2D eigenvalue weighted by atomic mass is 10.8. The Hall–Kier alpha value is 0.140. The van der Waals surface area contributed by atoms with Crippen molar-refractivity contribution in [2.45, 2.75) is 0 Å². The molecular weight excluding hydrogens is 120 g/mol. The Balaban J connectivity index is 0. The van der Waals surface area contributed by atoms with E-state index in [4.69, 9.17) is 0 Å². The van der Waals surface area contributed by atoms with Crippen molar-refractivity contribution in [3.63, 3.8) is 0 Å². The van der Waals surface area contributed by atoms with Gasteiger partial charge in [0, 0.05) is 6.54 Å². The van der Waals surface area contributed by atoms with Crippen LogP contribution in [0.15, 0.2) is 0 Å². The fourth-order valence-corrected chi connectivity index (χ4v) is 0.141. The maximum Gasteiger partial charge on any atom is 0.104 e. The number of halogens is 2. The first-order valence-corrected chi connectivity index (χ1v) is 1.73. The summed E-state index contributed by atoms with van der Waals surface area (Å²) in [4.78, 5) is 4.29. The van der Waals surface area contributed by atoms with Crippen LogP contribution in [0.2, 0.25) is 0 Å². The van der Waals surface area contributed by atoms with Crippen molar-refractivity contribution in [3.8, 4) is 0 Å². The van der Waals surface area contributed by atoms with Crippen LogP contribution in [-0.4, -0.2) is 20.3 Å². The molecule has 0 saturated carbocycles. The average molecular weight is 130 g/mol. The predicted octanol–water partition coefficient (Wildman–Crippen LogP) is 0.529. The number of hydrogen-bond acceptors (Lipinski definition) is 2. The van der Waals surface area contributed by atoms with Crippen molar-refractivity contribution in [1.82, 2.24) is 5.48 Å². The third-order valence-electron chi connectivity index (χ3n) is 0.341. The molecule has 1 N–H and O–H groups in total. The molecule has 0 aromatic carbocycles. The fourth-order valence-electron chi connectivity index (χ4n) is 0.141. The zero-order valence-electron chi connectivity index (χ0n) is 4.11. The maximum absolute atomic E-state index is 11.0. The van der Waals surface area contributed by atoms with Gasteiger partial charge in [0.25, 0.3) is 0 Å². The molecule has 0 heterocycles. The van der Waals surface area contributed by atoms with Crippen LogP contribution < -0.4 is 5.48 Å². The van der Waals surface area contributed by atoms with Gasteiger partial charge in [-0.05, 0) is 0 Å². The Morgan fingerprint density at radius 1 is 1.71 bits per heavy atom. The zero-order chi connectivity index (χ0) is 4.83. The van der Waals surface area contributed by atoms with Crippen LogP contribution >= 0.6 is 12.4 Å². The van der Waals surface area contributed by atoms with Gasteiger partial charge in [-0.15, -0.1) is 12.4 Å². The predicted molar refractivity (Wildman–Crippen MR) is 28.2 cm³/mol. The van der Waals surface area contributed by atoms with E-state index in [9.17, 15) is 4.39 Å². The van der Waals surface area contributed by atoms with Crippen molar-refractivity contribution in [2.75, 3.05) is 20.3 Å². The summed E-state index contributed by atoms with van der Waals surface area (Å²) in [6.07, 6.45) is 0. The molecular formula is C3H9ClFNO. The van der Waals surface area contributed by atoms with Crippen LogP contribution in [0.25, 0.3) is 0 Å². The molecule has 0 spiro atoms. The molecule has 0 amide bonds. The van der Waals surface area contributed by atoms with Crippen LogP contribution in [-0.2, 0) is 4.84 Å². The highest BCUT2D eigenvalue weighted by molar-refractivity contribution is 5.85. The van der Waals surface area contributed by atoms with Crippen LogP contribution in [0.1, 0.15) is 0 Å².